The van der Waals surface area contributed by atoms with Gasteiger partial charge in [0.25, 0.3) is 0 Å². The van der Waals surface area contributed by atoms with Crippen molar-refractivity contribution in [2.75, 3.05) is 6.54 Å². The Bertz CT molecular complexity index is 434. The second-order valence-corrected chi connectivity index (χ2v) is 6.27. The predicted octanol–water partition coefficient (Wildman–Crippen LogP) is 4.26. The molecule has 0 amide bonds. The number of nitrogens with one attached hydrogen (secondary N) is 1. The Kier molecular flexibility index (Phi) is 5.30. The van der Waals surface area contributed by atoms with Crippen molar-refractivity contribution in [3.8, 4) is 0 Å². The van der Waals surface area contributed by atoms with Crippen LogP contribution in [0.5, 0.6) is 0 Å². The largest absolute Gasteiger partial charge is 0.444 e. The summed E-state index contributed by atoms with van der Waals surface area (Å²) < 4.78 is 43.6. The fraction of sp³-hybridized carbons (Fsp3) is 0.800. The summed E-state index contributed by atoms with van der Waals surface area (Å²) in [5, 5.41) is 3.24. The molecule has 3 nitrogen and oxygen atoms in total. The van der Waals surface area contributed by atoms with E-state index >= 15 is 0 Å². The molecule has 1 heterocycles. The zero-order valence-electron chi connectivity index (χ0n) is 12.5. The van der Waals surface area contributed by atoms with Gasteiger partial charge in [-0.2, -0.15) is 13.2 Å². The van der Waals surface area contributed by atoms with Gasteiger partial charge in [0.15, 0.2) is 0 Å². The van der Waals surface area contributed by atoms with Crippen molar-refractivity contribution in [2.24, 2.45) is 11.8 Å². The van der Waals surface area contributed by atoms with E-state index in [4.69, 9.17) is 4.42 Å². The molecule has 0 radical (unpaired) electrons. The van der Waals surface area contributed by atoms with Gasteiger partial charge >= 0.3 is 6.18 Å². The first-order valence-corrected chi connectivity index (χ1v) is 7.58. The fourth-order valence-corrected chi connectivity index (χ4v) is 2.77. The van der Waals surface area contributed by atoms with Crippen LogP contribution in [0.3, 0.4) is 0 Å². The molecule has 0 aromatic carbocycles. The van der Waals surface area contributed by atoms with E-state index in [1.165, 1.54) is 0 Å². The normalized spacial score (nSPS) is 23.7. The molecule has 0 saturated heterocycles. The summed E-state index contributed by atoms with van der Waals surface area (Å²) in [6.07, 6.45) is -0.953. The summed E-state index contributed by atoms with van der Waals surface area (Å²) in [5.74, 6) is 0.830. The molecule has 0 spiro atoms. The highest BCUT2D eigenvalue weighted by Crippen LogP contribution is 2.42. The first-order chi connectivity index (χ1) is 9.86. The molecule has 1 fully saturated rings. The van der Waals surface area contributed by atoms with Crippen LogP contribution in [0.4, 0.5) is 13.2 Å². The topological polar surface area (TPSA) is 38.1 Å². The van der Waals surface area contributed by atoms with E-state index in [0.717, 1.165) is 12.3 Å². The van der Waals surface area contributed by atoms with Gasteiger partial charge in [-0.3, -0.25) is 0 Å². The highest BCUT2D eigenvalue weighted by atomic mass is 19.4. The summed E-state index contributed by atoms with van der Waals surface area (Å²) >= 11 is 0. The van der Waals surface area contributed by atoms with Crippen molar-refractivity contribution in [3.63, 3.8) is 0 Å². The Morgan fingerprint density at radius 3 is 2.52 bits per heavy atom. The predicted molar refractivity (Wildman–Crippen MR) is 73.8 cm³/mol. The summed E-state index contributed by atoms with van der Waals surface area (Å²) in [6.45, 7) is 5.69. The molecule has 120 valence electrons. The Balaban J connectivity index is 1.83. The third-order valence-electron chi connectivity index (χ3n) is 3.99. The minimum absolute atomic E-state index is 0.0787. The molecule has 0 bridgehead atoms. The smallest absolute Gasteiger partial charge is 0.391 e. The third-order valence-corrected chi connectivity index (χ3v) is 3.99. The fourth-order valence-electron chi connectivity index (χ4n) is 2.77. The van der Waals surface area contributed by atoms with Crippen LogP contribution in [-0.2, 0) is 6.54 Å². The SMILES string of the molecule is CC(C)CNCc1ncc(C2CCC(C(F)(F)F)CC2)o1. The van der Waals surface area contributed by atoms with Crippen molar-refractivity contribution < 1.29 is 17.6 Å². The number of hydrogen-bond donors (Lipinski definition) is 1. The van der Waals surface area contributed by atoms with Crippen LogP contribution in [0, 0.1) is 11.8 Å². The van der Waals surface area contributed by atoms with Gasteiger partial charge in [0.05, 0.1) is 18.7 Å². The zero-order chi connectivity index (χ0) is 15.5. The lowest BCUT2D eigenvalue weighted by atomic mass is 9.81. The van der Waals surface area contributed by atoms with E-state index in [-0.39, 0.29) is 18.8 Å². The average Bonchev–Trinajstić information content (AvgIpc) is 2.86. The van der Waals surface area contributed by atoms with Gasteiger partial charge in [0.2, 0.25) is 5.89 Å². The number of rotatable bonds is 5. The molecule has 1 aromatic rings. The number of halogens is 3. The highest BCUT2D eigenvalue weighted by Gasteiger charge is 2.42. The maximum absolute atomic E-state index is 12.6. The molecule has 1 aliphatic carbocycles. The van der Waals surface area contributed by atoms with E-state index in [1.807, 2.05) is 0 Å². The molecule has 21 heavy (non-hydrogen) atoms. The zero-order valence-corrected chi connectivity index (χ0v) is 12.5. The maximum Gasteiger partial charge on any atom is 0.391 e. The second kappa shape index (κ2) is 6.81. The van der Waals surface area contributed by atoms with Crippen molar-refractivity contribution in [1.29, 1.82) is 0 Å². The lowest BCUT2D eigenvalue weighted by Gasteiger charge is -2.28. The van der Waals surface area contributed by atoms with Gasteiger partial charge in [-0.1, -0.05) is 13.8 Å². The minimum atomic E-state index is -4.06. The molecular formula is C15H23F3N2O. The first kappa shape index (κ1) is 16.3. The van der Waals surface area contributed by atoms with Crippen molar-refractivity contribution in [2.45, 2.75) is 58.2 Å². The van der Waals surface area contributed by atoms with Crippen LogP contribution in [0.1, 0.15) is 57.1 Å². The second-order valence-electron chi connectivity index (χ2n) is 6.27. The number of nitrogens with zero attached hydrogens (tertiary/aromatic N) is 1. The summed E-state index contributed by atoms with van der Waals surface area (Å²) in [5.41, 5.74) is 0. The van der Waals surface area contributed by atoms with E-state index < -0.39 is 12.1 Å². The minimum Gasteiger partial charge on any atom is -0.444 e. The van der Waals surface area contributed by atoms with E-state index in [1.54, 1.807) is 6.20 Å². The highest BCUT2D eigenvalue weighted by molar-refractivity contribution is 5.03. The van der Waals surface area contributed by atoms with Crippen LogP contribution >= 0.6 is 0 Å². The van der Waals surface area contributed by atoms with Gasteiger partial charge in [0, 0.05) is 5.92 Å². The molecule has 1 aromatic heterocycles. The average molecular weight is 304 g/mol. The summed E-state index contributed by atoms with van der Waals surface area (Å²) in [6, 6.07) is 0. The summed E-state index contributed by atoms with van der Waals surface area (Å²) in [7, 11) is 0. The number of alkyl halides is 3. The van der Waals surface area contributed by atoms with Gasteiger partial charge in [-0.25, -0.2) is 4.98 Å². The van der Waals surface area contributed by atoms with Crippen LogP contribution in [0.25, 0.3) is 0 Å². The van der Waals surface area contributed by atoms with E-state index in [2.05, 4.69) is 24.1 Å². The van der Waals surface area contributed by atoms with E-state index in [9.17, 15) is 13.2 Å². The van der Waals surface area contributed by atoms with Crippen LogP contribution in [0.15, 0.2) is 10.6 Å². The van der Waals surface area contributed by atoms with E-state index in [0.29, 0.717) is 31.2 Å². The van der Waals surface area contributed by atoms with Crippen molar-refractivity contribution >= 4 is 0 Å². The number of hydrogen-bond acceptors (Lipinski definition) is 3. The van der Waals surface area contributed by atoms with Crippen LogP contribution in [-0.4, -0.2) is 17.7 Å². The molecular weight excluding hydrogens is 281 g/mol. The van der Waals surface area contributed by atoms with Crippen LogP contribution in [0.2, 0.25) is 0 Å². The third kappa shape index (κ3) is 4.73. The Morgan fingerprint density at radius 1 is 1.29 bits per heavy atom. The van der Waals surface area contributed by atoms with Gasteiger partial charge in [-0.15, -0.1) is 0 Å². The number of aromatic nitrogens is 1. The standard InChI is InChI=1S/C15H23F3N2O/c1-10(2)7-19-9-14-20-8-13(21-14)11-3-5-12(6-4-11)15(16,17)18/h8,10-12,19H,3-7,9H2,1-2H3. The Labute approximate surface area is 123 Å². The molecule has 0 unspecified atom stereocenters. The van der Waals surface area contributed by atoms with Crippen LogP contribution < -0.4 is 5.32 Å². The Morgan fingerprint density at radius 2 is 1.95 bits per heavy atom. The first-order valence-electron chi connectivity index (χ1n) is 7.58. The monoisotopic (exact) mass is 304 g/mol. The van der Waals surface area contributed by atoms with Crippen molar-refractivity contribution in [1.82, 2.24) is 10.3 Å². The van der Waals surface area contributed by atoms with Gasteiger partial charge < -0.3 is 9.73 Å². The number of oxazole rings is 1. The van der Waals surface area contributed by atoms with Gasteiger partial charge in [0.1, 0.15) is 5.76 Å². The van der Waals surface area contributed by atoms with Crippen molar-refractivity contribution in [3.05, 3.63) is 17.8 Å². The lowest BCUT2D eigenvalue weighted by molar-refractivity contribution is -0.182. The molecule has 0 aliphatic heterocycles. The van der Waals surface area contributed by atoms with Gasteiger partial charge in [-0.05, 0) is 38.1 Å². The molecule has 0 atom stereocenters. The molecule has 1 aliphatic rings. The molecule has 6 heteroatoms. The lowest BCUT2D eigenvalue weighted by Crippen LogP contribution is -2.27. The quantitative estimate of drug-likeness (QED) is 0.883. The summed E-state index contributed by atoms with van der Waals surface area (Å²) in [4.78, 5) is 4.20. The molecule has 1 saturated carbocycles. The molecule has 1 N–H and O–H groups in total. The Hall–Kier alpha value is -1.04. The maximum atomic E-state index is 12.6. The molecule has 2 rings (SSSR count).